The number of nitrogens with one attached hydrogen (secondary N) is 1. The van der Waals surface area contributed by atoms with Gasteiger partial charge in [0, 0.05) is 12.1 Å². The normalized spacial score (nSPS) is 18.4. The number of hydrogen-bond acceptors (Lipinski definition) is 6. The first-order valence-electron chi connectivity index (χ1n) is 7.94. The van der Waals surface area contributed by atoms with Gasteiger partial charge in [0.05, 0.1) is 6.26 Å². The van der Waals surface area contributed by atoms with Gasteiger partial charge in [-0.25, -0.2) is 8.42 Å². The SMILES string of the molecule is Cc1ccc(-c2nnc(NC(=O)C3CCCN3S(C)(=O)=O)o2)c(C)c1. The Morgan fingerprint density at radius 2 is 2.08 bits per heavy atom. The van der Waals surface area contributed by atoms with Crippen LogP contribution in [0.2, 0.25) is 0 Å². The molecule has 1 N–H and O–H groups in total. The van der Waals surface area contributed by atoms with Gasteiger partial charge >= 0.3 is 6.01 Å². The lowest BCUT2D eigenvalue weighted by Crippen LogP contribution is -2.42. The maximum atomic E-state index is 12.4. The third-order valence-corrected chi connectivity index (χ3v) is 5.49. The highest BCUT2D eigenvalue weighted by molar-refractivity contribution is 7.88. The van der Waals surface area contributed by atoms with E-state index in [0.29, 0.717) is 25.3 Å². The molecule has 1 atom stereocenters. The summed E-state index contributed by atoms with van der Waals surface area (Å²) in [5.74, 6) is -0.155. The topological polar surface area (TPSA) is 105 Å². The van der Waals surface area contributed by atoms with Crippen molar-refractivity contribution in [3.63, 3.8) is 0 Å². The molecule has 0 radical (unpaired) electrons. The molecule has 8 nitrogen and oxygen atoms in total. The van der Waals surface area contributed by atoms with E-state index in [9.17, 15) is 13.2 Å². The van der Waals surface area contributed by atoms with Crippen LogP contribution in [0, 0.1) is 13.8 Å². The first-order chi connectivity index (χ1) is 11.8. The standard InChI is InChI=1S/C16H20N4O4S/c1-10-6-7-12(11(2)9-10)15-18-19-16(24-15)17-14(21)13-5-4-8-20(13)25(3,22)23/h6-7,9,13H,4-5,8H2,1-3H3,(H,17,19,21). The molecule has 2 heterocycles. The lowest BCUT2D eigenvalue weighted by Gasteiger charge is -2.20. The minimum Gasteiger partial charge on any atom is -0.403 e. The Labute approximate surface area is 146 Å². The van der Waals surface area contributed by atoms with Crippen LogP contribution in [-0.4, -0.2) is 47.7 Å². The van der Waals surface area contributed by atoms with Crippen molar-refractivity contribution in [2.45, 2.75) is 32.7 Å². The number of amides is 1. The largest absolute Gasteiger partial charge is 0.403 e. The van der Waals surface area contributed by atoms with Gasteiger partial charge in [-0.1, -0.05) is 22.8 Å². The third kappa shape index (κ3) is 3.72. The Balaban J connectivity index is 1.76. The highest BCUT2D eigenvalue weighted by Gasteiger charge is 2.37. The number of nitrogens with zero attached hydrogens (tertiary/aromatic N) is 3. The summed E-state index contributed by atoms with van der Waals surface area (Å²) < 4.78 is 30.2. The van der Waals surface area contributed by atoms with Crippen LogP contribution in [0.4, 0.5) is 6.01 Å². The molecule has 0 aliphatic carbocycles. The van der Waals surface area contributed by atoms with E-state index in [1.165, 1.54) is 4.31 Å². The maximum Gasteiger partial charge on any atom is 0.322 e. The number of aryl methyl sites for hydroxylation is 2. The minimum absolute atomic E-state index is 0.0414. The van der Waals surface area contributed by atoms with Gasteiger partial charge in [-0.05, 0) is 38.3 Å². The molecule has 0 bridgehead atoms. The van der Waals surface area contributed by atoms with Gasteiger partial charge in [-0.3, -0.25) is 10.1 Å². The molecule has 1 unspecified atom stereocenters. The third-order valence-electron chi connectivity index (χ3n) is 4.20. The Bertz CT molecular complexity index is 907. The van der Waals surface area contributed by atoms with E-state index in [0.717, 1.165) is 22.9 Å². The Morgan fingerprint density at radius 1 is 1.32 bits per heavy atom. The fourth-order valence-corrected chi connectivity index (χ4v) is 4.15. The number of rotatable bonds is 4. The summed E-state index contributed by atoms with van der Waals surface area (Å²) in [7, 11) is -3.43. The molecule has 1 amide bonds. The second-order valence-electron chi connectivity index (χ2n) is 6.25. The molecule has 1 fully saturated rings. The Morgan fingerprint density at radius 3 is 2.76 bits per heavy atom. The maximum absolute atomic E-state index is 12.4. The monoisotopic (exact) mass is 364 g/mol. The molecule has 1 aromatic heterocycles. The number of carbonyl (C=O) groups excluding carboxylic acids is 1. The summed E-state index contributed by atoms with van der Waals surface area (Å²) in [6.07, 6.45) is 2.21. The molecule has 134 valence electrons. The lowest BCUT2D eigenvalue weighted by molar-refractivity contribution is -0.119. The summed E-state index contributed by atoms with van der Waals surface area (Å²) in [5.41, 5.74) is 2.90. The highest BCUT2D eigenvalue weighted by atomic mass is 32.2. The van der Waals surface area contributed by atoms with Crippen LogP contribution in [-0.2, 0) is 14.8 Å². The summed E-state index contributed by atoms with van der Waals surface area (Å²) in [5, 5.41) is 10.3. The Kier molecular flexibility index (Phi) is 4.61. The first kappa shape index (κ1) is 17.6. The zero-order valence-electron chi connectivity index (χ0n) is 14.3. The molecule has 9 heteroatoms. The van der Waals surface area contributed by atoms with Gasteiger partial charge < -0.3 is 4.42 Å². The van der Waals surface area contributed by atoms with E-state index in [-0.39, 0.29) is 6.01 Å². The first-order valence-corrected chi connectivity index (χ1v) is 9.79. The molecular weight excluding hydrogens is 344 g/mol. The van der Waals surface area contributed by atoms with Crippen molar-refractivity contribution >= 4 is 21.9 Å². The van der Waals surface area contributed by atoms with Crippen molar-refractivity contribution in [1.29, 1.82) is 0 Å². The second kappa shape index (κ2) is 6.57. The predicted octanol–water partition coefficient (Wildman–Crippen LogP) is 1.72. The summed E-state index contributed by atoms with van der Waals surface area (Å²) in [4.78, 5) is 12.4. The van der Waals surface area contributed by atoms with Crippen LogP contribution >= 0.6 is 0 Å². The second-order valence-corrected chi connectivity index (χ2v) is 8.19. The van der Waals surface area contributed by atoms with Crippen molar-refractivity contribution in [2.24, 2.45) is 0 Å². The summed E-state index contributed by atoms with van der Waals surface area (Å²) in [6.45, 7) is 4.27. The zero-order chi connectivity index (χ0) is 18.2. The van der Waals surface area contributed by atoms with E-state index in [1.54, 1.807) is 0 Å². The molecule has 1 saturated heterocycles. The summed E-state index contributed by atoms with van der Waals surface area (Å²) >= 11 is 0. The number of aromatic nitrogens is 2. The van der Waals surface area contributed by atoms with Crippen LogP contribution in [0.1, 0.15) is 24.0 Å². The fraction of sp³-hybridized carbons (Fsp3) is 0.438. The predicted molar refractivity (Wildman–Crippen MR) is 92.4 cm³/mol. The number of carbonyl (C=O) groups is 1. The van der Waals surface area contributed by atoms with Crippen molar-refractivity contribution in [3.05, 3.63) is 29.3 Å². The number of anilines is 1. The zero-order valence-corrected chi connectivity index (χ0v) is 15.1. The highest BCUT2D eigenvalue weighted by Crippen LogP contribution is 2.25. The van der Waals surface area contributed by atoms with Gasteiger partial charge in [0.2, 0.25) is 21.8 Å². The molecule has 25 heavy (non-hydrogen) atoms. The molecular formula is C16H20N4O4S. The Hall–Kier alpha value is -2.26. The van der Waals surface area contributed by atoms with Gasteiger partial charge in [0.15, 0.2) is 0 Å². The average Bonchev–Trinajstić information content (AvgIpc) is 3.15. The van der Waals surface area contributed by atoms with E-state index < -0.39 is 22.0 Å². The average molecular weight is 364 g/mol. The smallest absolute Gasteiger partial charge is 0.322 e. The molecule has 1 aliphatic heterocycles. The van der Waals surface area contributed by atoms with Crippen LogP contribution in [0.25, 0.3) is 11.5 Å². The van der Waals surface area contributed by atoms with E-state index in [1.807, 2.05) is 32.0 Å². The fourth-order valence-electron chi connectivity index (χ4n) is 3.02. The van der Waals surface area contributed by atoms with Gasteiger partial charge in [0.1, 0.15) is 6.04 Å². The van der Waals surface area contributed by atoms with Crippen molar-refractivity contribution < 1.29 is 17.6 Å². The molecule has 1 aliphatic rings. The van der Waals surface area contributed by atoms with E-state index in [2.05, 4.69) is 15.5 Å². The van der Waals surface area contributed by atoms with E-state index >= 15 is 0 Å². The minimum atomic E-state index is -3.43. The van der Waals surface area contributed by atoms with Crippen molar-refractivity contribution in [1.82, 2.24) is 14.5 Å². The van der Waals surface area contributed by atoms with Crippen molar-refractivity contribution in [2.75, 3.05) is 18.1 Å². The van der Waals surface area contributed by atoms with Gasteiger partial charge in [-0.15, -0.1) is 5.10 Å². The van der Waals surface area contributed by atoms with Crippen LogP contribution < -0.4 is 5.32 Å². The number of benzene rings is 1. The van der Waals surface area contributed by atoms with Crippen LogP contribution in [0.3, 0.4) is 0 Å². The van der Waals surface area contributed by atoms with Crippen molar-refractivity contribution in [3.8, 4) is 11.5 Å². The quantitative estimate of drug-likeness (QED) is 0.885. The number of sulfonamides is 1. The molecule has 2 aromatic rings. The van der Waals surface area contributed by atoms with Gasteiger partial charge in [0.25, 0.3) is 0 Å². The lowest BCUT2D eigenvalue weighted by atomic mass is 10.1. The molecule has 0 spiro atoms. The number of hydrogen-bond donors (Lipinski definition) is 1. The van der Waals surface area contributed by atoms with E-state index in [4.69, 9.17) is 4.42 Å². The van der Waals surface area contributed by atoms with Crippen LogP contribution in [0.5, 0.6) is 0 Å². The summed E-state index contributed by atoms with van der Waals surface area (Å²) in [6, 6.07) is 5.03. The van der Waals surface area contributed by atoms with Crippen LogP contribution in [0.15, 0.2) is 22.6 Å². The van der Waals surface area contributed by atoms with Gasteiger partial charge in [-0.2, -0.15) is 4.31 Å². The molecule has 1 aromatic carbocycles. The molecule has 0 saturated carbocycles. The molecule has 3 rings (SSSR count).